The van der Waals surface area contributed by atoms with Crippen LogP contribution in [0.5, 0.6) is 11.5 Å². The van der Waals surface area contributed by atoms with Gasteiger partial charge in [0.05, 0.1) is 17.7 Å². The molecule has 1 heterocycles. The Balaban J connectivity index is 1.79. The van der Waals surface area contributed by atoms with Crippen molar-refractivity contribution in [1.29, 1.82) is 0 Å². The highest BCUT2D eigenvalue weighted by atomic mass is 32.2. The van der Waals surface area contributed by atoms with Gasteiger partial charge in [0, 0.05) is 25.9 Å². The molecular weight excluding hydrogens is 438 g/mol. The van der Waals surface area contributed by atoms with Crippen molar-refractivity contribution in [3.8, 4) is 11.5 Å². The van der Waals surface area contributed by atoms with Crippen molar-refractivity contribution in [2.75, 3.05) is 34.4 Å². The van der Waals surface area contributed by atoms with E-state index in [4.69, 9.17) is 9.47 Å². The molecule has 0 aromatic heterocycles. The van der Waals surface area contributed by atoms with Gasteiger partial charge in [-0.3, -0.25) is 9.69 Å². The summed E-state index contributed by atoms with van der Waals surface area (Å²) in [5, 5.41) is 0.670. The number of para-hydroxylation sites is 2. The second-order valence-electron chi connectivity index (χ2n) is 7.05. The lowest BCUT2D eigenvalue weighted by molar-refractivity contribution is -0.129. The van der Waals surface area contributed by atoms with Crippen molar-refractivity contribution in [3.63, 3.8) is 0 Å². The number of carbonyl (C=O) groups is 1. The minimum Gasteiger partial charge on any atom is -0.493 e. The molecule has 0 radical (unpaired) electrons. The molecule has 166 valence electrons. The number of benzene rings is 2. The van der Waals surface area contributed by atoms with Crippen LogP contribution in [0, 0.1) is 0 Å². The number of ether oxygens (including phenoxy) is 2. The summed E-state index contributed by atoms with van der Waals surface area (Å²) in [5.41, 5.74) is 0.461. The molecule has 0 N–H and O–H groups in total. The van der Waals surface area contributed by atoms with E-state index in [1.165, 1.54) is 45.1 Å². The Morgan fingerprint density at radius 3 is 2.58 bits per heavy atom. The first-order valence-corrected chi connectivity index (χ1v) is 11.9. The van der Waals surface area contributed by atoms with Gasteiger partial charge in [-0.2, -0.15) is 0 Å². The molecule has 8 nitrogen and oxygen atoms in total. The molecule has 0 saturated carbocycles. The van der Waals surface area contributed by atoms with Gasteiger partial charge in [0.2, 0.25) is 10.0 Å². The van der Waals surface area contributed by atoms with Gasteiger partial charge in [-0.1, -0.05) is 36.9 Å². The van der Waals surface area contributed by atoms with E-state index in [1.54, 1.807) is 35.2 Å². The van der Waals surface area contributed by atoms with Crippen molar-refractivity contribution in [2.45, 2.75) is 17.1 Å². The van der Waals surface area contributed by atoms with Crippen LogP contribution < -0.4 is 9.47 Å². The van der Waals surface area contributed by atoms with E-state index >= 15 is 0 Å². The Bertz CT molecular complexity index is 1090. The van der Waals surface area contributed by atoms with Crippen molar-refractivity contribution >= 4 is 38.5 Å². The lowest BCUT2D eigenvalue weighted by Gasteiger charge is -2.17. The van der Waals surface area contributed by atoms with Gasteiger partial charge in [-0.15, -0.1) is 0 Å². The number of sulfonamides is 1. The molecule has 0 spiro atoms. The Morgan fingerprint density at radius 2 is 1.90 bits per heavy atom. The largest absolute Gasteiger partial charge is 0.493 e. The summed E-state index contributed by atoms with van der Waals surface area (Å²) in [6.45, 7) is 2.33. The van der Waals surface area contributed by atoms with Gasteiger partial charge in [0.15, 0.2) is 23.3 Å². The van der Waals surface area contributed by atoms with Gasteiger partial charge in [-0.05, 0) is 30.3 Å². The zero-order chi connectivity index (χ0) is 22.6. The molecule has 31 heavy (non-hydrogen) atoms. The molecule has 2 aromatic rings. The lowest BCUT2D eigenvalue weighted by atomic mass is 10.3. The van der Waals surface area contributed by atoms with Crippen LogP contribution in [-0.4, -0.2) is 68.3 Å². The second-order valence-corrected chi connectivity index (χ2v) is 10.6. The number of amidine groups is 1. The van der Waals surface area contributed by atoms with E-state index < -0.39 is 10.0 Å². The third-order valence-electron chi connectivity index (χ3n) is 4.52. The SMILES string of the molecule is COc1ccccc1OCC(=O)N1C[C@@H](C)SC1=Nc1cccc(S(=O)(=O)N(C)C)c1. The number of rotatable bonds is 7. The molecule has 1 fully saturated rings. The maximum absolute atomic E-state index is 12.8. The lowest BCUT2D eigenvalue weighted by Crippen LogP contribution is -2.36. The highest BCUT2D eigenvalue weighted by Crippen LogP contribution is 2.30. The summed E-state index contributed by atoms with van der Waals surface area (Å²) in [4.78, 5) is 19.1. The van der Waals surface area contributed by atoms with Crippen LogP contribution >= 0.6 is 11.8 Å². The maximum Gasteiger partial charge on any atom is 0.266 e. The number of hydrogen-bond acceptors (Lipinski definition) is 7. The highest BCUT2D eigenvalue weighted by molar-refractivity contribution is 8.14. The zero-order valence-corrected chi connectivity index (χ0v) is 19.4. The van der Waals surface area contributed by atoms with E-state index in [1.807, 2.05) is 13.0 Å². The molecule has 0 aliphatic carbocycles. The summed E-state index contributed by atoms with van der Waals surface area (Å²) in [5.74, 6) is 0.796. The van der Waals surface area contributed by atoms with Crippen LogP contribution in [0.4, 0.5) is 5.69 Å². The van der Waals surface area contributed by atoms with Crippen molar-refractivity contribution in [3.05, 3.63) is 48.5 Å². The summed E-state index contributed by atoms with van der Waals surface area (Å²) in [6.07, 6.45) is 0. The topological polar surface area (TPSA) is 88.5 Å². The molecule has 1 amide bonds. The van der Waals surface area contributed by atoms with E-state index in [2.05, 4.69) is 4.99 Å². The van der Waals surface area contributed by atoms with Gasteiger partial charge in [0.25, 0.3) is 5.91 Å². The summed E-state index contributed by atoms with van der Waals surface area (Å²) < 4.78 is 36.9. The number of nitrogens with zero attached hydrogens (tertiary/aromatic N) is 3. The fourth-order valence-corrected chi connectivity index (χ4v) is 4.89. The van der Waals surface area contributed by atoms with E-state index in [9.17, 15) is 13.2 Å². The molecule has 10 heteroatoms. The first kappa shape index (κ1) is 23.1. The quantitative estimate of drug-likeness (QED) is 0.627. The number of aliphatic imine (C=N–C) groups is 1. The van der Waals surface area contributed by atoms with Crippen molar-refractivity contribution in [1.82, 2.24) is 9.21 Å². The van der Waals surface area contributed by atoms with Gasteiger partial charge in [-0.25, -0.2) is 17.7 Å². The average molecular weight is 464 g/mol. The minimum absolute atomic E-state index is 0.146. The summed E-state index contributed by atoms with van der Waals surface area (Å²) in [7, 11) is 0.919. The molecule has 1 aliphatic heterocycles. The summed E-state index contributed by atoms with van der Waals surface area (Å²) >= 11 is 1.46. The Kier molecular flexibility index (Phi) is 7.24. The number of hydrogen-bond donors (Lipinski definition) is 0. The predicted molar refractivity (Wildman–Crippen MR) is 122 cm³/mol. The molecule has 3 rings (SSSR count). The van der Waals surface area contributed by atoms with Crippen LogP contribution in [-0.2, 0) is 14.8 Å². The van der Waals surface area contributed by atoms with Crippen LogP contribution in [0.15, 0.2) is 58.4 Å². The third-order valence-corrected chi connectivity index (χ3v) is 7.40. The molecule has 0 unspecified atom stereocenters. The van der Waals surface area contributed by atoms with E-state index in [0.717, 1.165) is 4.31 Å². The molecule has 1 atom stereocenters. The van der Waals surface area contributed by atoms with Crippen LogP contribution in [0.2, 0.25) is 0 Å². The van der Waals surface area contributed by atoms with Crippen molar-refractivity contribution < 1.29 is 22.7 Å². The van der Waals surface area contributed by atoms with E-state index in [0.29, 0.717) is 28.9 Å². The molecule has 0 bridgehead atoms. The highest BCUT2D eigenvalue weighted by Gasteiger charge is 2.31. The number of amides is 1. The first-order valence-electron chi connectivity index (χ1n) is 9.56. The van der Waals surface area contributed by atoms with Crippen molar-refractivity contribution in [2.24, 2.45) is 4.99 Å². The van der Waals surface area contributed by atoms with Gasteiger partial charge >= 0.3 is 0 Å². The fourth-order valence-electron chi connectivity index (χ4n) is 2.90. The van der Waals surface area contributed by atoms with Crippen LogP contribution in [0.25, 0.3) is 0 Å². The molecular formula is C21H25N3O5S2. The zero-order valence-electron chi connectivity index (χ0n) is 17.8. The number of carbonyl (C=O) groups excluding carboxylic acids is 1. The Labute approximate surface area is 186 Å². The standard InChI is InChI=1S/C21H25N3O5S2/c1-15-13-24(20(25)14-29-19-11-6-5-10-18(19)28-4)21(30-15)22-16-8-7-9-17(12-16)31(26,27)23(2)3/h5-12,15H,13-14H2,1-4H3/t15-/m1/s1. The third kappa shape index (κ3) is 5.38. The normalized spacial score (nSPS) is 17.9. The monoisotopic (exact) mass is 463 g/mol. The molecule has 1 saturated heterocycles. The smallest absolute Gasteiger partial charge is 0.266 e. The molecule has 2 aromatic carbocycles. The maximum atomic E-state index is 12.8. The molecule has 1 aliphatic rings. The fraction of sp³-hybridized carbons (Fsp3) is 0.333. The Hall–Kier alpha value is -2.56. The summed E-state index contributed by atoms with van der Waals surface area (Å²) in [6, 6.07) is 13.5. The average Bonchev–Trinajstić information content (AvgIpc) is 3.12. The first-order chi connectivity index (χ1) is 14.7. The van der Waals surface area contributed by atoms with Gasteiger partial charge < -0.3 is 9.47 Å². The number of thioether (sulfide) groups is 1. The van der Waals surface area contributed by atoms with Crippen LogP contribution in [0.1, 0.15) is 6.92 Å². The predicted octanol–water partition coefficient (Wildman–Crippen LogP) is 2.98. The van der Waals surface area contributed by atoms with E-state index in [-0.39, 0.29) is 22.7 Å². The number of methoxy groups -OCH3 is 1. The second kappa shape index (κ2) is 9.71. The van der Waals surface area contributed by atoms with Crippen LogP contribution in [0.3, 0.4) is 0 Å². The minimum atomic E-state index is -3.57. The van der Waals surface area contributed by atoms with Gasteiger partial charge in [0.1, 0.15) is 0 Å². The Morgan fingerprint density at radius 1 is 1.19 bits per heavy atom.